The molecule has 10 heteroatoms. The zero-order valence-electron chi connectivity index (χ0n) is 15.6. The lowest BCUT2D eigenvalue weighted by molar-refractivity contribution is 0.0776. The molecule has 0 N–H and O–H groups in total. The van der Waals surface area contributed by atoms with E-state index in [9.17, 15) is 4.79 Å². The Morgan fingerprint density at radius 2 is 1.93 bits per heavy atom. The van der Waals surface area contributed by atoms with Crippen LogP contribution in [0.2, 0.25) is 10.0 Å². The molecule has 3 aromatic rings. The Labute approximate surface area is 167 Å². The number of hydrogen-bond acceptors (Lipinski definition) is 4. The van der Waals surface area contributed by atoms with Crippen molar-refractivity contribution in [1.29, 1.82) is 0 Å². The fourth-order valence-corrected chi connectivity index (χ4v) is 3.05. The highest BCUT2D eigenvalue weighted by Gasteiger charge is 2.18. The van der Waals surface area contributed by atoms with Crippen LogP contribution in [0.4, 0.5) is 0 Å². The molecule has 0 aliphatic carbocycles. The third-order valence-electron chi connectivity index (χ3n) is 4.28. The summed E-state index contributed by atoms with van der Waals surface area (Å²) in [6.07, 6.45) is 3.49. The largest absolute Gasteiger partial charge is 0.334 e. The molecule has 3 heterocycles. The molecule has 0 spiro atoms. The van der Waals surface area contributed by atoms with Gasteiger partial charge in [0.05, 0.1) is 28.0 Å². The number of aromatic nitrogens is 6. The van der Waals surface area contributed by atoms with Gasteiger partial charge >= 0.3 is 0 Å². The van der Waals surface area contributed by atoms with Crippen molar-refractivity contribution < 1.29 is 4.79 Å². The van der Waals surface area contributed by atoms with E-state index in [0.717, 1.165) is 17.9 Å². The molecular weight excluding hydrogens is 389 g/mol. The van der Waals surface area contributed by atoms with E-state index < -0.39 is 0 Å². The van der Waals surface area contributed by atoms with Crippen LogP contribution in [0.5, 0.6) is 0 Å². The molecule has 0 bridgehead atoms. The average Bonchev–Trinajstić information content (AvgIpc) is 3.31. The first-order chi connectivity index (χ1) is 12.8. The van der Waals surface area contributed by atoms with Crippen molar-refractivity contribution in [3.63, 3.8) is 0 Å². The molecule has 0 fully saturated rings. The summed E-state index contributed by atoms with van der Waals surface area (Å²) in [5.41, 5.74) is 2.62. The van der Waals surface area contributed by atoms with E-state index in [2.05, 4.69) is 15.3 Å². The number of aryl methyl sites for hydroxylation is 2. The van der Waals surface area contributed by atoms with E-state index in [1.807, 2.05) is 20.8 Å². The first-order valence-electron chi connectivity index (χ1n) is 8.50. The molecule has 0 radical (unpaired) electrons. The Balaban J connectivity index is 1.70. The Morgan fingerprint density at radius 1 is 1.19 bits per heavy atom. The number of hydrogen-bond donors (Lipinski definition) is 0. The van der Waals surface area contributed by atoms with Gasteiger partial charge in [0.25, 0.3) is 5.91 Å². The predicted octanol–water partition coefficient (Wildman–Crippen LogP) is 3.00. The molecule has 0 unspecified atom stereocenters. The molecule has 1 amide bonds. The van der Waals surface area contributed by atoms with Crippen LogP contribution in [-0.2, 0) is 19.8 Å². The number of nitrogens with zero attached hydrogens (tertiary/aromatic N) is 7. The van der Waals surface area contributed by atoms with Crippen molar-refractivity contribution in [2.75, 3.05) is 7.05 Å². The smallest absolute Gasteiger partial charge is 0.274 e. The van der Waals surface area contributed by atoms with Gasteiger partial charge in [0.15, 0.2) is 0 Å². The highest BCUT2D eigenvalue weighted by Crippen LogP contribution is 2.19. The van der Waals surface area contributed by atoms with Crippen LogP contribution >= 0.6 is 23.2 Å². The lowest BCUT2D eigenvalue weighted by Gasteiger charge is -2.14. The second kappa shape index (κ2) is 7.74. The van der Waals surface area contributed by atoms with Crippen molar-refractivity contribution >= 4 is 29.1 Å². The molecule has 3 aromatic heterocycles. The van der Waals surface area contributed by atoms with Crippen molar-refractivity contribution in [2.24, 2.45) is 0 Å². The number of carbonyl (C=O) groups excluding carboxylic acids is 1. The normalized spacial score (nSPS) is 11.2. The zero-order chi connectivity index (χ0) is 19.7. The Morgan fingerprint density at radius 3 is 2.52 bits per heavy atom. The van der Waals surface area contributed by atoms with Crippen LogP contribution in [0.1, 0.15) is 34.5 Å². The van der Waals surface area contributed by atoms with E-state index in [0.29, 0.717) is 34.6 Å². The molecule has 0 saturated heterocycles. The van der Waals surface area contributed by atoms with Crippen LogP contribution in [-0.4, -0.2) is 47.2 Å². The highest BCUT2D eigenvalue weighted by molar-refractivity contribution is 6.31. The molecular formula is C17H21Cl2N7O. The van der Waals surface area contributed by atoms with Gasteiger partial charge in [-0.25, -0.2) is 4.68 Å². The van der Waals surface area contributed by atoms with Crippen LogP contribution in [0.15, 0.2) is 18.5 Å². The van der Waals surface area contributed by atoms with Crippen LogP contribution in [0, 0.1) is 13.8 Å². The van der Waals surface area contributed by atoms with Gasteiger partial charge < -0.3 is 4.90 Å². The molecule has 8 nitrogen and oxygen atoms in total. The van der Waals surface area contributed by atoms with E-state index >= 15 is 0 Å². The monoisotopic (exact) mass is 409 g/mol. The molecule has 3 rings (SSSR count). The summed E-state index contributed by atoms with van der Waals surface area (Å²) in [6.45, 7) is 7.13. The first-order valence-corrected chi connectivity index (χ1v) is 9.26. The van der Waals surface area contributed by atoms with Gasteiger partial charge in [0.2, 0.25) is 0 Å². The maximum absolute atomic E-state index is 12.7. The number of amides is 1. The minimum atomic E-state index is -0.206. The summed E-state index contributed by atoms with van der Waals surface area (Å²) in [6, 6.07) is 1.68. The maximum atomic E-state index is 12.7. The summed E-state index contributed by atoms with van der Waals surface area (Å²) >= 11 is 12.4. The van der Waals surface area contributed by atoms with Gasteiger partial charge in [-0.3, -0.25) is 14.2 Å². The van der Waals surface area contributed by atoms with Gasteiger partial charge in [-0.1, -0.05) is 23.2 Å². The van der Waals surface area contributed by atoms with Crippen LogP contribution in [0.25, 0.3) is 0 Å². The number of rotatable bonds is 6. The quantitative estimate of drug-likeness (QED) is 0.626. The van der Waals surface area contributed by atoms with Gasteiger partial charge in [-0.15, -0.1) is 0 Å². The van der Waals surface area contributed by atoms with E-state index in [4.69, 9.17) is 23.2 Å². The Hall–Kier alpha value is -2.32. The second-order valence-electron chi connectivity index (χ2n) is 6.31. The SMILES string of the molecule is CCn1cc(Cl)c(CN(C)C(=O)c2ccn(Cn3nc(C)c(Cl)c3C)n2)n1. The Bertz CT molecular complexity index is 972. The van der Waals surface area contributed by atoms with E-state index in [1.165, 1.54) is 0 Å². The fraction of sp³-hybridized carbons (Fsp3) is 0.412. The van der Waals surface area contributed by atoms with Gasteiger partial charge in [-0.2, -0.15) is 15.3 Å². The number of halogens is 2. The Kier molecular flexibility index (Phi) is 5.57. The summed E-state index contributed by atoms with van der Waals surface area (Å²) < 4.78 is 5.14. The average molecular weight is 410 g/mol. The van der Waals surface area contributed by atoms with Crippen molar-refractivity contribution in [3.05, 3.63) is 51.3 Å². The molecule has 0 aliphatic heterocycles. The third kappa shape index (κ3) is 4.01. The van der Waals surface area contributed by atoms with E-state index in [-0.39, 0.29) is 5.91 Å². The van der Waals surface area contributed by atoms with Crippen molar-refractivity contribution in [3.8, 4) is 0 Å². The predicted molar refractivity (Wildman–Crippen MR) is 103 cm³/mol. The molecule has 0 saturated carbocycles. The second-order valence-corrected chi connectivity index (χ2v) is 7.09. The van der Waals surface area contributed by atoms with Gasteiger partial charge in [0, 0.05) is 26.0 Å². The summed E-state index contributed by atoms with van der Waals surface area (Å²) in [5, 5.41) is 14.3. The summed E-state index contributed by atoms with van der Waals surface area (Å²) in [5.74, 6) is -0.206. The highest BCUT2D eigenvalue weighted by atomic mass is 35.5. The standard InChI is InChI=1S/C17H21Cl2N7O/c1-5-24-8-13(18)15(22-24)9-23(4)17(27)14-6-7-25(21-14)10-26-12(3)16(19)11(2)20-26/h6-8H,5,9-10H2,1-4H3. The minimum Gasteiger partial charge on any atom is -0.334 e. The maximum Gasteiger partial charge on any atom is 0.274 e. The van der Waals surface area contributed by atoms with E-state index in [1.54, 1.807) is 44.5 Å². The topological polar surface area (TPSA) is 73.8 Å². The molecule has 0 atom stereocenters. The van der Waals surface area contributed by atoms with Gasteiger partial charge in [0.1, 0.15) is 18.1 Å². The molecule has 27 heavy (non-hydrogen) atoms. The zero-order valence-corrected chi connectivity index (χ0v) is 17.2. The first kappa shape index (κ1) is 19.4. The van der Waals surface area contributed by atoms with Crippen LogP contribution < -0.4 is 0 Å². The van der Waals surface area contributed by atoms with Gasteiger partial charge in [-0.05, 0) is 26.8 Å². The van der Waals surface area contributed by atoms with Crippen molar-refractivity contribution in [1.82, 2.24) is 34.2 Å². The summed E-state index contributed by atoms with van der Waals surface area (Å²) in [7, 11) is 1.70. The van der Waals surface area contributed by atoms with Crippen molar-refractivity contribution in [2.45, 2.75) is 40.5 Å². The minimum absolute atomic E-state index is 0.206. The number of carbonyl (C=O) groups is 1. The molecule has 0 aliphatic rings. The fourth-order valence-electron chi connectivity index (χ4n) is 2.70. The molecule has 0 aromatic carbocycles. The summed E-state index contributed by atoms with van der Waals surface area (Å²) in [4.78, 5) is 14.2. The van der Waals surface area contributed by atoms with Crippen LogP contribution in [0.3, 0.4) is 0 Å². The third-order valence-corrected chi connectivity index (χ3v) is 5.14. The lowest BCUT2D eigenvalue weighted by atomic mass is 10.3. The molecule has 144 valence electrons. The lowest BCUT2D eigenvalue weighted by Crippen LogP contribution is -2.27.